The fraction of sp³-hybridized carbons (Fsp3) is 0.130. The number of carbonyl (C=O) groups is 1. The standard InChI is InChI=1S/C23H16F5N3O/c1-13-2-3-15(18-9-8-17(24)11-19(18)25)10-21-29-20(12-22(32)31(21)30-13)14-4-6-16(7-5-14)23(26,27)28/h2-12,21,29H,1H3/b3-2?,15-10-,30-13?. The second-order valence-electron chi connectivity index (χ2n) is 7.23. The van der Waals surface area contributed by atoms with Crippen LogP contribution in [0.4, 0.5) is 22.0 Å². The number of rotatable bonds is 2. The van der Waals surface area contributed by atoms with Crippen molar-refractivity contribution in [3.05, 3.63) is 95.1 Å². The molecule has 2 aliphatic heterocycles. The quantitative estimate of drug-likeness (QED) is 0.653. The minimum atomic E-state index is -4.48. The summed E-state index contributed by atoms with van der Waals surface area (Å²) < 4.78 is 66.3. The molecule has 2 aromatic carbocycles. The molecular weight excluding hydrogens is 429 g/mol. The number of nitrogens with one attached hydrogen (secondary N) is 1. The zero-order valence-corrected chi connectivity index (χ0v) is 16.6. The van der Waals surface area contributed by atoms with Gasteiger partial charge in [-0.2, -0.15) is 18.3 Å². The molecule has 0 fully saturated rings. The molecule has 0 radical (unpaired) electrons. The zero-order chi connectivity index (χ0) is 23.0. The number of amides is 1. The minimum absolute atomic E-state index is 0.122. The van der Waals surface area contributed by atoms with Crippen LogP contribution in [0, 0.1) is 11.6 Å². The van der Waals surface area contributed by atoms with Gasteiger partial charge in [-0.25, -0.2) is 13.8 Å². The lowest BCUT2D eigenvalue weighted by Crippen LogP contribution is -2.48. The Bertz CT molecular complexity index is 1190. The van der Waals surface area contributed by atoms with Crippen LogP contribution < -0.4 is 5.32 Å². The average molecular weight is 445 g/mol. The van der Waals surface area contributed by atoms with E-state index >= 15 is 0 Å². The lowest BCUT2D eigenvalue weighted by atomic mass is 10.0. The molecule has 32 heavy (non-hydrogen) atoms. The van der Waals surface area contributed by atoms with Crippen molar-refractivity contribution in [1.82, 2.24) is 10.3 Å². The van der Waals surface area contributed by atoms with Crippen molar-refractivity contribution >= 4 is 22.9 Å². The summed E-state index contributed by atoms with van der Waals surface area (Å²) in [6.07, 6.45) is 0.616. The molecule has 1 unspecified atom stereocenters. The van der Waals surface area contributed by atoms with Crippen molar-refractivity contribution in [1.29, 1.82) is 0 Å². The molecule has 1 amide bonds. The van der Waals surface area contributed by atoms with Crippen molar-refractivity contribution in [2.75, 3.05) is 0 Å². The lowest BCUT2D eigenvalue weighted by molar-refractivity contribution is -0.137. The van der Waals surface area contributed by atoms with Crippen LogP contribution >= 0.6 is 0 Å². The van der Waals surface area contributed by atoms with Gasteiger partial charge in [-0.3, -0.25) is 4.79 Å². The summed E-state index contributed by atoms with van der Waals surface area (Å²) in [6.45, 7) is 1.65. The van der Waals surface area contributed by atoms with Crippen molar-refractivity contribution in [3.8, 4) is 0 Å². The van der Waals surface area contributed by atoms with Crippen LogP contribution in [0.1, 0.15) is 23.6 Å². The molecule has 1 N–H and O–H groups in total. The SMILES string of the molecule is CC1=NN2C(=O)C=C(c3ccc(C(F)(F)F)cc3)NC2/C=C(\c2ccc(F)cc2F)C=C1. The van der Waals surface area contributed by atoms with E-state index in [1.807, 2.05) is 0 Å². The first-order valence-corrected chi connectivity index (χ1v) is 9.51. The highest BCUT2D eigenvalue weighted by molar-refractivity contribution is 6.01. The van der Waals surface area contributed by atoms with E-state index < -0.39 is 35.4 Å². The number of nitrogens with zero attached hydrogens (tertiary/aromatic N) is 2. The third-order valence-electron chi connectivity index (χ3n) is 4.93. The molecule has 0 aromatic heterocycles. The first-order chi connectivity index (χ1) is 15.1. The molecule has 0 saturated carbocycles. The molecule has 9 heteroatoms. The van der Waals surface area contributed by atoms with Gasteiger partial charge in [0.25, 0.3) is 5.91 Å². The van der Waals surface area contributed by atoms with E-state index in [1.165, 1.54) is 30.4 Å². The summed E-state index contributed by atoms with van der Waals surface area (Å²) in [4.78, 5) is 12.7. The van der Waals surface area contributed by atoms with E-state index in [0.717, 1.165) is 29.3 Å². The molecule has 0 aliphatic carbocycles. The largest absolute Gasteiger partial charge is 0.416 e. The molecule has 2 aliphatic rings. The van der Waals surface area contributed by atoms with Crippen LogP contribution in [-0.2, 0) is 11.0 Å². The molecule has 2 heterocycles. The second kappa shape index (κ2) is 8.07. The number of carbonyl (C=O) groups excluding carboxylic acids is 1. The number of halogens is 5. The number of hydrogen-bond donors (Lipinski definition) is 1. The van der Waals surface area contributed by atoms with E-state index in [0.29, 0.717) is 16.8 Å². The maximum atomic E-state index is 14.4. The smallest absolute Gasteiger partial charge is 0.360 e. The second-order valence-corrected chi connectivity index (χ2v) is 7.23. The zero-order valence-electron chi connectivity index (χ0n) is 16.6. The Hall–Kier alpha value is -3.75. The highest BCUT2D eigenvalue weighted by atomic mass is 19.4. The van der Waals surface area contributed by atoms with Gasteiger partial charge in [0.15, 0.2) is 0 Å². The highest BCUT2D eigenvalue weighted by Gasteiger charge is 2.31. The Morgan fingerprint density at radius 3 is 2.41 bits per heavy atom. The summed E-state index contributed by atoms with van der Waals surface area (Å²) in [5.41, 5.74) is 0.809. The first kappa shape index (κ1) is 21.5. The van der Waals surface area contributed by atoms with Gasteiger partial charge >= 0.3 is 6.18 Å². The molecule has 0 spiro atoms. The van der Waals surface area contributed by atoms with Gasteiger partial charge in [0.2, 0.25) is 0 Å². The predicted octanol–water partition coefficient (Wildman–Crippen LogP) is 5.11. The van der Waals surface area contributed by atoms with Gasteiger partial charge in [-0.15, -0.1) is 0 Å². The molecule has 0 saturated heterocycles. The van der Waals surface area contributed by atoms with Crippen LogP contribution in [0.3, 0.4) is 0 Å². The van der Waals surface area contributed by atoms with Crippen molar-refractivity contribution in [2.45, 2.75) is 19.3 Å². The van der Waals surface area contributed by atoms with E-state index in [-0.39, 0.29) is 11.3 Å². The maximum absolute atomic E-state index is 14.4. The number of benzene rings is 2. The topological polar surface area (TPSA) is 44.7 Å². The van der Waals surface area contributed by atoms with Gasteiger partial charge in [-0.05, 0) is 54.5 Å². The molecule has 0 bridgehead atoms. The summed E-state index contributed by atoms with van der Waals surface area (Å²) in [5, 5.41) is 8.43. The fourth-order valence-corrected chi connectivity index (χ4v) is 3.36. The Kier molecular flexibility index (Phi) is 5.41. The van der Waals surface area contributed by atoms with Gasteiger partial charge in [0, 0.05) is 23.4 Å². The monoisotopic (exact) mass is 445 g/mol. The van der Waals surface area contributed by atoms with Crippen LogP contribution in [0.15, 0.2) is 71.9 Å². The number of fused-ring (bicyclic) bond motifs is 1. The summed E-state index contributed by atoms with van der Waals surface area (Å²) >= 11 is 0. The number of hydrogen-bond acceptors (Lipinski definition) is 3. The maximum Gasteiger partial charge on any atom is 0.416 e. The third-order valence-corrected chi connectivity index (χ3v) is 4.93. The molecule has 4 rings (SSSR count). The fourth-order valence-electron chi connectivity index (χ4n) is 3.36. The third kappa shape index (κ3) is 4.32. The lowest BCUT2D eigenvalue weighted by Gasteiger charge is -2.33. The van der Waals surface area contributed by atoms with Crippen molar-refractivity contribution in [3.63, 3.8) is 0 Å². The van der Waals surface area contributed by atoms with Crippen LogP contribution in [-0.4, -0.2) is 22.8 Å². The summed E-state index contributed by atoms with van der Waals surface area (Å²) in [7, 11) is 0. The number of alkyl halides is 3. The Morgan fingerprint density at radius 2 is 1.75 bits per heavy atom. The molecule has 2 aromatic rings. The summed E-state index contributed by atoms with van der Waals surface area (Å²) in [6, 6.07) is 7.53. The number of allylic oxidation sites excluding steroid dienone is 3. The normalized spacial score (nSPS) is 20.3. The molecule has 1 atom stereocenters. The van der Waals surface area contributed by atoms with Gasteiger partial charge in [-0.1, -0.05) is 18.2 Å². The van der Waals surface area contributed by atoms with Crippen LogP contribution in [0.2, 0.25) is 0 Å². The predicted molar refractivity (Wildman–Crippen MR) is 110 cm³/mol. The average Bonchev–Trinajstić information content (AvgIpc) is 2.71. The van der Waals surface area contributed by atoms with Gasteiger partial charge < -0.3 is 5.32 Å². The van der Waals surface area contributed by atoms with E-state index in [1.54, 1.807) is 19.1 Å². The number of hydrazone groups is 1. The van der Waals surface area contributed by atoms with Gasteiger partial charge in [0.1, 0.15) is 17.8 Å². The highest BCUT2D eigenvalue weighted by Crippen LogP contribution is 2.31. The molecule has 4 nitrogen and oxygen atoms in total. The summed E-state index contributed by atoms with van der Waals surface area (Å²) in [5.74, 6) is -2.00. The van der Waals surface area contributed by atoms with Crippen molar-refractivity contribution < 1.29 is 26.7 Å². The van der Waals surface area contributed by atoms with Gasteiger partial charge in [0.05, 0.1) is 11.3 Å². The minimum Gasteiger partial charge on any atom is -0.360 e. The molecule has 164 valence electrons. The Morgan fingerprint density at radius 1 is 1.03 bits per heavy atom. The van der Waals surface area contributed by atoms with E-state index in [4.69, 9.17) is 0 Å². The van der Waals surface area contributed by atoms with Crippen LogP contribution in [0.25, 0.3) is 11.3 Å². The van der Waals surface area contributed by atoms with Crippen LogP contribution in [0.5, 0.6) is 0 Å². The van der Waals surface area contributed by atoms with Crippen molar-refractivity contribution in [2.24, 2.45) is 5.10 Å². The molecular formula is C23H16F5N3O. The van der Waals surface area contributed by atoms with E-state index in [9.17, 15) is 26.7 Å². The Balaban J connectivity index is 1.73. The van der Waals surface area contributed by atoms with E-state index in [2.05, 4.69) is 10.4 Å². The first-order valence-electron chi connectivity index (χ1n) is 9.51. The Labute approximate surface area is 180 Å².